The predicted molar refractivity (Wildman–Crippen MR) is 80.5 cm³/mol. The third kappa shape index (κ3) is 4.87. The monoisotopic (exact) mass is 279 g/mol. The molecule has 0 amide bonds. The highest BCUT2D eigenvalue weighted by atomic mass is 16.6. The van der Waals surface area contributed by atoms with Gasteiger partial charge >= 0.3 is 0 Å². The van der Waals surface area contributed by atoms with E-state index >= 15 is 0 Å². The van der Waals surface area contributed by atoms with Crippen LogP contribution in [0, 0.1) is 0 Å². The average molecular weight is 279 g/mol. The molecule has 0 unspecified atom stereocenters. The molecule has 0 saturated heterocycles. The third-order valence-electron chi connectivity index (χ3n) is 3.12. The summed E-state index contributed by atoms with van der Waals surface area (Å²) in [5.41, 5.74) is 5.72. The van der Waals surface area contributed by atoms with Gasteiger partial charge in [0.05, 0.1) is 12.1 Å². The number of hydrogen-bond donors (Lipinski definition) is 2. The summed E-state index contributed by atoms with van der Waals surface area (Å²) in [7, 11) is 0. The quantitative estimate of drug-likeness (QED) is 0.718. The Labute approximate surface area is 121 Å². The normalized spacial score (nSPS) is 16.9. The number of benzene rings is 1. The van der Waals surface area contributed by atoms with Crippen molar-refractivity contribution in [3.05, 3.63) is 42.7 Å². The molecule has 1 rings (SSSR count). The minimum absolute atomic E-state index is 0.256. The number of nitrogens with two attached hydrogens (primary N) is 1. The van der Waals surface area contributed by atoms with Gasteiger partial charge in [-0.05, 0) is 32.4 Å². The molecule has 0 heterocycles. The maximum atomic E-state index is 10.1. The Morgan fingerprint density at radius 3 is 2.40 bits per heavy atom. The second-order valence-corrected chi connectivity index (χ2v) is 4.95. The van der Waals surface area contributed by atoms with Crippen LogP contribution in [-0.4, -0.2) is 29.5 Å². The molecule has 0 bridgehead atoms. The molecular formula is C16H25NO3. The van der Waals surface area contributed by atoms with Crippen molar-refractivity contribution in [3.63, 3.8) is 0 Å². The van der Waals surface area contributed by atoms with Crippen LogP contribution in [0.15, 0.2) is 42.7 Å². The van der Waals surface area contributed by atoms with Crippen LogP contribution in [0.2, 0.25) is 0 Å². The molecule has 0 aliphatic rings. The number of rotatable bonds is 8. The SMILES string of the molecule is C=C(O[C@@H](C)[C@H](Oc1ccccc1)[C@@H](O)CC)[C@H](C)N. The number of para-hydroxylation sites is 1. The van der Waals surface area contributed by atoms with Gasteiger partial charge in [-0.1, -0.05) is 31.7 Å². The van der Waals surface area contributed by atoms with Crippen molar-refractivity contribution in [2.75, 3.05) is 0 Å². The molecule has 3 N–H and O–H groups in total. The maximum absolute atomic E-state index is 10.1. The molecule has 1 aromatic rings. The maximum Gasteiger partial charge on any atom is 0.161 e. The van der Waals surface area contributed by atoms with E-state index in [4.69, 9.17) is 15.2 Å². The summed E-state index contributed by atoms with van der Waals surface area (Å²) in [6.07, 6.45) is -0.858. The minimum Gasteiger partial charge on any atom is -0.490 e. The van der Waals surface area contributed by atoms with Crippen LogP contribution in [0.1, 0.15) is 27.2 Å². The molecule has 1 aromatic carbocycles. The van der Waals surface area contributed by atoms with Gasteiger partial charge in [0.2, 0.25) is 0 Å². The highest BCUT2D eigenvalue weighted by Crippen LogP contribution is 2.19. The summed E-state index contributed by atoms with van der Waals surface area (Å²) in [6.45, 7) is 9.34. The van der Waals surface area contributed by atoms with Gasteiger partial charge in [-0.3, -0.25) is 0 Å². The lowest BCUT2D eigenvalue weighted by molar-refractivity contribution is -0.0517. The van der Waals surface area contributed by atoms with Crippen molar-refractivity contribution in [2.45, 2.75) is 51.5 Å². The van der Waals surface area contributed by atoms with Gasteiger partial charge in [0.25, 0.3) is 0 Å². The molecule has 112 valence electrons. The molecule has 4 heteroatoms. The van der Waals surface area contributed by atoms with Gasteiger partial charge in [-0.15, -0.1) is 0 Å². The summed E-state index contributed by atoms with van der Waals surface area (Å²) in [5, 5.41) is 10.1. The molecular weight excluding hydrogens is 254 g/mol. The molecule has 20 heavy (non-hydrogen) atoms. The van der Waals surface area contributed by atoms with E-state index < -0.39 is 12.2 Å². The fraction of sp³-hybridized carbons (Fsp3) is 0.500. The predicted octanol–water partition coefficient (Wildman–Crippen LogP) is 2.47. The number of aliphatic hydroxyl groups is 1. The second kappa shape index (κ2) is 7.92. The van der Waals surface area contributed by atoms with Crippen molar-refractivity contribution in [1.29, 1.82) is 0 Å². The van der Waals surface area contributed by atoms with Crippen molar-refractivity contribution >= 4 is 0 Å². The molecule has 4 nitrogen and oxygen atoms in total. The van der Waals surface area contributed by atoms with E-state index in [0.29, 0.717) is 17.9 Å². The Morgan fingerprint density at radius 2 is 1.90 bits per heavy atom. The van der Waals surface area contributed by atoms with E-state index in [9.17, 15) is 5.11 Å². The van der Waals surface area contributed by atoms with Crippen LogP contribution in [0.4, 0.5) is 0 Å². The summed E-state index contributed by atoms with van der Waals surface area (Å²) in [6, 6.07) is 9.13. The molecule has 0 radical (unpaired) electrons. The Bertz CT molecular complexity index is 405. The van der Waals surface area contributed by atoms with Crippen LogP contribution >= 0.6 is 0 Å². The van der Waals surface area contributed by atoms with Crippen LogP contribution in [0.5, 0.6) is 5.75 Å². The Morgan fingerprint density at radius 1 is 1.30 bits per heavy atom. The lowest BCUT2D eigenvalue weighted by atomic mass is 10.1. The van der Waals surface area contributed by atoms with E-state index in [-0.39, 0.29) is 12.1 Å². The first-order chi connectivity index (χ1) is 9.45. The lowest BCUT2D eigenvalue weighted by Crippen LogP contribution is -2.42. The zero-order valence-electron chi connectivity index (χ0n) is 12.5. The molecule has 0 aromatic heterocycles. The summed E-state index contributed by atoms with van der Waals surface area (Å²) < 4.78 is 11.5. The van der Waals surface area contributed by atoms with Gasteiger partial charge in [0.1, 0.15) is 17.6 Å². The Hall–Kier alpha value is -1.52. The van der Waals surface area contributed by atoms with Crippen LogP contribution in [-0.2, 0) is 4.74 Å². The molecule has 4 atom stereocenters. The fourth-order valence-electron chi connectivity index (χ4n) is 1.79. The molecule has 0 fully saturated rings. The molecule has 0 spiro atoms. The minimum atomic E-state index is -0.619. The molecule has 0 saturated carbocycles. The zero-order valence-corrected chi connectivity index (χ0v) is 12.5. The first-order valence-corrected chi connectivity index (χ1v) is 6.96. The highest BCUT2D eigenvalue weighted by molar-refractivity contribution is 5.21. The topological polar surface area (TPSA) is 64.7 Å². The highest BCUT2D eigenvalue weighted by Gasteiger charge is 2.28. The van der Waals surface area contributed by atoms with Crippen molar-refractivity contribution in [3.8, 4) is 5.75 Å². The molecule has 0 aliphatic heterocycles. The standard InChI is InChI=1S/C16H25NO3/c1-5-15(18)16(13(4)19-12(3)11(2)17)20-14-9-7-6-8-10-14/h6-11,13,15-16,18H,3,5,17H2,1-2,4H3/t11-,13-,15-,16-/m0/s1. The second-order valence-electron chi connectivity index (χ2n) is 4.95. The number of aliphatic hydroxyl groups excluding tert-OH is 1. The average Bonchev–Trinajstić information content (AvgIpc) is 2.44. The summed E-state index contributed by atoms with van der Waals surface area (Å²) in [5.74, 6) is 1.19. The third-order valence-corrected chi connectivity index (χ3v) is 3.12. The van der Waals surface area contributed by atoms with Crippen LogP contribution in [0.25, 0.3) is 0 Å². The van der Waals surface area contributed by atoms with Gasteiger partial charge in [0, 0.05) is 0 Å². The first kappa shape index (κ1) is 16.5. The summed E-state index contributed by atoms with van der Waals surface area (Å²) in [4.78, 5) is 0. The van der Waals surface area contributed by atoms with E-state index in [2.05, 4.69) is 6.58 Å². The van der Waals surface area contributed by atoms with Gasteiger partial charge in [0.15, 0.2) is 6.10 Å². The smallest absolute Gasteiger partial charge is 0.161 e. The largest absolute Gasteiger partial charge is 0.490 e. The Kier molecular flexibility index (Phi) is 6.55. The van der Waals surface area contributed by atoms with E-state index in [1.54, 1.807) is 6.92 Å². The first-order valence-electron chi connectivity index (χ1n) is 6.96. The van der Waals surface area contributed by atoms with Crippen LogP contribution < -0.4 is 10.5 Å². The van der Waals surface area contributed by atoms with E-state index in [1.165, 1.54) is 0 Å². The Balaban J connectivity index is 2.76. The van der Waals surface area contributed by atoms with Gasteiger partial charge in [-0.2, -0.15) is 0 Å². The fourth-order valence-corrected chi connectivity index (χ4v) is 1.79. The lowest BCUT2D eigenvalue weighted by Gasteiger charge is -2.30. The zero-order chi connectivity index (χ0) is 15.1. The van der Waals surface area contributed by atoms with Crippen molar-refractivity contribution < 1.29 is 14.6 Å². The summed E-state index contributed by atoms with van der Waals surface area (Å²) >= 11 is 0. The van der Waals surface area contributed by atoms with E-state index in [1.807, 2.05) is 44.2 Å². The van der Waals surface area contributed by atoms with Crippen molar-refractivity contribution in [2.24, 2.45) is 5.73 Å². The number of ether oxygens (including phenoxy) is 2. The number of hydrogen-bond acceptors (Lipinski definition) is 4. The molecule has 0 aliphatic carbocycles. The van der Waals surface area contributed by atoms with Crippen molar-refractivity contribution in [1.82, 2.24) is 0 Å². The van der Waals surface area contributed by atoms with E-state index in [0.717, 1.165) is 0 Å². The van der Waals surface area contributed by atoms with Gasteiger partial charge < -0.3 is 20.3 Å². The van der Waals surface area contributed by atoms with Gasteiger partial charge in [-0.25, -0.2) is 0 Å². The van der Waals surface area contributed by atoms with Crippen LogP contribution in [0.3, 0.4) is 0 Å².